The molecular formula is C22H31NO2. The van der Waals surface area contributed by atoms with Gasteiger partial charge in [-0.05, 0) is 43.7 Å². The Balaban J connectivity index is 1.79. The van der Waals surface area contributed by atoms with Crippen molar-refractivity contribution in [3.8, 4) is 0 Å². The zero-order chi connectivity index (χ0) is 17.7. The van der Waals surface area contributed by atoms with E-state index in [2.05, 4.69) is 18.7 Å². The molecule has 3 nitrogen and oxygen atoms in total. The number of benzene rings is 1. The molecule has 3 heteroatoms. The molecule has 1 aromatic carbocycles. The van der Waals surface area contributed by atoms with E-state index in [1.807, 2.05) is 24.3 Å². The molecule has 0 saturated heterocycles. The standard InChI is InChI=1S/C22H31NO2/c1-2-17-16-20(19(17)12-15-23)25-21(24)22(13-8-3-4-9-14-22)18-10-6-5-7-11-18/h2,5-7,10-11,17,19-20H,1,3-4,8-9,12-16,23H2/t17?,19?,20-/m0/s1. The zero-order valence-corrected chi connectivity index (χ0v) is 15.2. The number of carbonyl (C=O) groups is 1. The van der Waals surface area contributed by atoms with Crippen molar-refractivity contribution in [1.29, 1.82) is 0 Å². The summed E-state index contributed by atoms with van der Waals surface area (Å²) in [5, 5.41) is 0. The Morgan fingerprint density at radius 2 is 1.88 bits per heavy atom. The number of carbonyl (C=O) groups excluding carboxylic acids is 1. The molecule has 2 saturated carbocycles. The smallest absolute Gasteiger partial charge is 0.316 e. The largest absolute Gasteiger partial charge is 0.461 e. The van der Waals surface area contributed by atoms with Crippen LogP contribution in [0.2, 0.25) is 0 Å². The predicted molar refractivity (Wildman–Crippen MR) is 101 cm³/mol. The minimum Gasteiger partial charge on any atom is -0.461 e. The highest BCUT2D eigenvalue weighted by Gasteiger charge is 2.47. The molecule has 0 radical (unpaired) electrons. The van der Waals surface area contributed by atoms with Crippen LogP contribution in [0.15, 0.2) is 43.0 Å². The lowest BCUT2D eigenvalue weighted by atomic mass is 9.68. The molecule has 136 valence electrons. The van der Waals surface area contributed by atoms with Crippen LogP contribution in [-0.2, 0) is 14.9 Å². The minimum absolute atomic E-state index is 0.00268. The Bertz CT molecular complexity index is 575. The summed E-state index contributed by atoms with van der Waals surface area (Å²) in [6.07, 6.45) is 10.2. The third-order valence-electron chi connectivity index (χ3n) is 6.27. The van der Waals surface area contributed by atoms with E-state index in [0.717, 1.165) is 44.1 Å². The van der Waals surface area contributed by atoms with Crippen LogP contribution >= 0.6 is 0 Å². The lowest BCUT2D eigenvalue weighted by Crippen LogP contribution is -2.48. The Kier molecular flexibility index (Phi) is 5.95. The van der Waals surface area contributed by atoms with E-state index in [0.29, 0.717) is 18.4 Å². The van der Waals surface area contributed by atoms with Gasteiger partial charge in [0.2, 0.25) is 0 Å². The van der Waals surface area contributed by atoms with Gasteiger partial charge in [-0.15, -0.1) is 6.58 Å². The highest BCUT2D eigenvalue weighted by Crippen LogP contribution is 2.44. The monoisotopic (exact) mass is 341 g/mol. The molecule has 2 aliphatic carbocycles. The van der Waals surface area contributed by atoms with E-state index < -0.39 is 5.41 Å². The van der Waals surface area contributed by atoms with Crippen molar-refractivity contribution < 1.29 is 9.53 Å². The topological polar surface area (TPSA) is 52.3 Å². The normalized spacial score (nSPS) is 28.4. The molecule has 0 aliphatic heterocycles. The van der Waals surface area contributed by atoms with E-state index in [-0.39, 0.29) is 12.1 Å². The van der Waals surface area contributed by atoms with Crippen LogP contribution in [0.4, 0.5) is 0 Å². The molecule has 0 aromatic heterocycles. The fourth-order valence-electron chi connectivity index (χ4n) is 4.65. The highest BCUT2D eigenvalue weighted by molar-refractivity contribution is 5.83. The Hall–Kier alpha value is -1.61. The summed E-state index contributed by atoms with van der Waals surface area (Å²) in [5.74, 6) is 0.753. The van der Waals surface area contributed by atoms with E-state index in [1.54, 1.807) is 0 Å². The number of hydrogen-bond donors (Lipinski definition) is 1. The van der Waals surface area contributed by atoms with Crippen LogP contribution in [0.25, 0.3) is 0 Å². The number of hydrogen-bond acceptors (Lipinski definition) is 3. The Morgan fingerprint density at radius 3 is 2.48 bits per heavy atom. The van der Waals surface area contributed by atoms with Gasteiger partial charge in [0.1, 0.15) is 6.10 Å². The van der Waals surface area contributed by atoms with Gasteiger partial charge in [-0.25, -0.2) is 0 Å². The first-order valence-electron chi connectivity index (χ1n) is 9.80. The third kappa shape index (κ3) is 3.67. The quantitative estimate of drug-likeness (QED) is 0.475. The average Bonchev–Trinajstić information content (AvgIpc) is 2.90. The van der Waals surface area contributed by atoms with Gasteiger partial charge in [0.05, 0.1) is 5.41 Å². The van der Waals surface area contributed by atoms with E-state index in [1.165, 1.54) is 12.8 Å². The molecule has 0 heterocycles. The summed E-state index contributed by atoms with van der Waals surface area (Å²) in [6.45, 7) is 4.54. The zero-order valence-electron chi connectivity index (χ0n) is 15.2. The predicted octanol–water partition coefficient (Wildman–Crippen LogP) is 4.36. The first kappa shape index (κ1) is 18.2. The number of ether oxygens (including phenoxy) is 1. The second-order valence-corrected chi connectivity index (χ2v) is 7.68. The number of nitrogens with two attached hydrogens (primary N) is 1. The van der Waals surface area contributed by atoms with Gasteiger partial charge in [0.15, 0.2) is 0 Å². The van der Waals surface area contributed by atoms with Crippen molar-refractivity contribution in [2.75, 3.05) is 6.54 Å². The van der Waals surface area contributed by atoms with Crippen LogP contribution in [0.3, 0.4) is 0 Å². The van der Waals surface area contributed by atoms with Gasteiger partial charge in [0.25, 0.3) is 0 Å². The molecule has 1 aromatic rings. The first-order valence-corrected chi connectivity index (χ1v) is 9.80. The summed E-state index contributed by atoms with van der Waals surface area (Å²) in [5.41, 5.74) is 6.41. The maximum absolute atomic E-state index is 13.3. The number of esters is 1. The van der Waals surface area contributed by atoms with Crippen molar-refractivity contribution in [1.82, 2.24) is 0 Å². The van der Waals surface area contributed by atoms with Crippen LogP contribution in [-0.4, -0.2) is 18.6 Å². The summed E-state index contributed by atoms with van der Waals surface area (Å²) in [7, 11) is 0. The van der Waals surface area contributed by atoms with Crippen LogP contribution in [0, 0.1) is 11.8 Å². The molecule has 0 amide bonds. The fraction of sp³-hybridized carbons (Fsp3) is 0.591. The maximum Gasteiger partial charge on any atom is 0.316 e. The van der Waals surface area contributed by atoms with Gasteiger partial charge in [-0.3, -0.25) is 4.79 Å². The summed E-state index contributed by atoms with van der Waals surface area (Å²) in [4.78, 5) is 13.3. The second kappa shape index (κ2) is 8.18. The van der Waals surface area contributed by atoms with Crippen molar-refractivity contribution in [3.05, 3.63) is 48.6 Å². The summed E-state index contributed by atoms with van der Waals surface area (Å²) in [6, 6.07) is 10.3. The van der Waals surface area contributed by atoms with Gasteiger partial charge in [0, 0.05) is 5.92 Å². The molecule has 3 rings (SSSR count). The fourth-order valence-corrected chi connectivity index (χ4v) is 4.65. The molecule has 2 unspecified atom stereocenters. The van der Waals surface area contributed by atoms with E-state index in [9.17, 15) is 4.79 Å². The molecule has 2 N–H and O–H groups in total. The van der Waals surface area contributed by atoms with Crippen molar-refractivity contribution in [2.24, 2.45) is 17.6 Å². The van der Waals surface area contributed by atoms with Crippen molar-refractivity contribution in [3.63, 3.8) is 0 Å². The molecular weight excluding hydrogens is 310 g/mol. The van der Waals surface area contributed by atoms with Crippen LogP contribution in [0.5, 0.6) is 0 Å². The molecule has 3 atom stereocenters. The van der Waals surface area contributed by atoms with E-state index in [4.69, 9.17) is 10.5 Å². The molecule has 2 fully saturated rings. The SMILES string of the molecule is C=CC1C[C@H](OC(=O)C2(c3ccccc3)CCCCCC2)C1CCN. The van der Waals surface area contributed by atoms with Crippen LogP contribution < -0.4 is 5.73 Å². The molecule has 2 aliphatic rings. The lowest BCUT2D eigenvalue weighted by molar-refractivity contribution is -0.169. The molecule has 25 heavy (non-hydrogen) atoms. The number of allylic oxidation sites excluding steroid dienone is 1. The van der Waals surface area contributed by atoms with Crippen molar-refractivity contribution in [2.45, 2.75) is 62.9 Å². The Morgan fingerprint density at radius 1 is 1.20 bits per heavy atom. The average molecular weight is 341 g/mol. The van der Waals surface area contributed by atoms with Gasteiger partial charge < -0.3 is 10.5 Å². The first-order chi connectivity index (χ1) is 12.2. The summed E-state index contributed by atoms with van der Waals surface area (Å²) >= 11 is 0. The third-order valence-corrected chi connectivity index (χ3v) is 6.27. The molecule has 0 bridgehead atoms. The second-order valence-electron chi connectivity index (χ2n) is 7.68. The van der Waals surface area contributed by atoms with Gasteiger partial charge in [-0.1, -0.05) is 62.1 Å². The maximum atomic E-state index is 13.3. The summed E-state index contributed by atoms with van der Waals surface area (Å²) < 4.78 is 6.09. The Labute approximate surface area is 151 Å². The highest BCUT2D eigenvalue weighted by atomic mass is 16.5. The van der Waals surface area contributed by atoms with Crippen molar-refractivity contribution >= 4 is 5.97 Å². The van der Waals surface area contributed by atoms with Gasteiger partial charge in [-0.2, -0.15) is 0 Å². The van der Waals surface area contributed by atoms with Crippen LogP contribution in [0.1, 0.15) is 56.9 Å². The molecule has 0 spiro atoms. The van der Waals surface area contributed by atoms with Gasteiger partial charge >= 0.3 is 5.97 Å². The van der Waals surface area contributed by atoms with E-state index >= 15 is 0 Å². The minimum atomic E-state index is -0.468. The lowest BCUT2D eigenvalue weighted by Gasteiger charge is -2.44. The number of rotatable bonds is 6.